The predicted molar refractivity (Wildman–Crippen MR) is 97.2 cm³/mol. The lowest BCUT2D eigenvalue weighted by atomic mass is 10.1. The van der Waals surface area contributed by atoms with Gasteiger partial charge >= 0.3 is 0 Å². The Morgan fingerprint density at radius 1 is 0.800 bits per heavy atom. The van der Waals surface area contributed by atoms with E-state index in [4.69, 9.17) is 46.4 Å². The smallest absolute Gasteiger partial charge is 0.263 e. The quantitative estimate of drug-likeness (QED) is 0.299. The largest absolute Gasteiger partial charge is 0.294 e. The molecule has 1 aliphatic rings. The Morgan fingerprint density at radius 2 is 1.28 bits per heavy atom. The molecule has 1 heterocycles. The van der Waals surface area contributed by atoms with E-state index >= 15 is 0 Å². The summed E-state index contributed by atoms with van der Waals surface area (Å²) in [5.41, 5.74) is 0.331. The predicted octanol–water partition coefficient (Wildman–Crippen LogP) is 5.17. The summed E-state index contributed by atoms with van der Waals surface area (Å²) >= 11 is 24.0. The van der Waals surface area contributed by atoms with Crippen LogP contribution >= 0.6 is 46.4 Å². The monoisotopic (exact) mass is 415 g/mol. The van der Waals surface area contributed by atoms with Gasteiger partial charge in [0.05, 0.1) is 31.2 Å². The third kappa shape index (κ3) is 3.04. The molecule has 3 rings (SSSR count). The molecule has 0 radical (unpaired) electrons. The van der Waals surface area contributed by atoms with E-state index in [0.717, 1.165) is 4.90 Å². The molecular weight excluding hydrogens is 408 g/mol. The lowest BCUT2D eigenvalue weighted by Crippen LogP contribution is -2.32. The molecule has 0 unspecified atom stereocenters. The average molecular weight is 417 g/mol. The molecule has 0 aromatic heterocycles. The zero-order valence-electron chi connectivity index (χ0n) is 12.5. The minimum absolute atomic E-state index is 0.0216. The first kappa shape index (κ1) is 18.2. The zero-order valence-corrected chi connectivity index (χ0v) is 15.5. The fourth-order valence-corrected chi connectivity index (χ4v) is 3.59. The van der Waals surface area contributed by atoms with Crippen molar-refractivity contribution < 1.29 is 14.4 Å². The number of amides is 2. The van der Waals surface area contributed by atoms with E-state index in [2.05, 4.69) is 0 Å². The Kier molecular flexibility index (Phi) is 5.07. The van der Waals surface area contributed by atoms with Crippen molar-refractivity contribution in [3.8, 4) is 0 Å². The maximum Gasteiger partial charge on any atom is 0.263 e. The second-order valence-electron chi connectivity index (χ2n) is 5.31. The number of imide groups is 1. The average Bonchev–Trinajstić information content (AvgIpc) is 2.87. The summed E-state index contributed by atoms with van der Waals surface area (Å²) in [4.78, 5) is 38.2. The van der Waals surface area contributed by atoms with Gasteiger partial charge in [-0.3, -0.25) is 19.3 Å². The Morgan fingerprint density at radius 3 is 1.76 bits per heavy atom. The highest BCUT2D eigenvalue weighted by Crippen LogP contribution is 2.44. The molecule has 0 saturated heterocycles. The first-order valence-corrected chi connectivity index (χ1v) is 8.66. The van der Waals surface area contributed by atoms with E-state index in [1.807, 2.05) is 0 Å². The van der Waals surface area contributed by atoms with E-state index in [1.165, 1.54) is 0 Å². The fraction of sp³-hybridized carbons (Fsp3) is 0.118. The summed E-state index contributed by atoms with van der Waals surface area (Å²) in [5, 5.41) is -0.423. The number of hydrogen-bond donors (Lipinski definition) is 0. The van der Waals surface area contributed by atoms with Crippen LogP contribution < -0.4 is 0 Å². The highest BCUT2D eigenvalue weighted by Gasteiger charge is 2.41. The molecule has 4 nitrogen and oxygen atoms in total. The second-order valence-corrected chi connectivity index (χ2v) is 6.82. The second kappa shape index (κ2) is 6.96. The van der Waals surface area contributed by atoms with Gasteiger partial charge in [0, 0.05) is 18.5 Å². The van der Waals surface area contributed by atoms with E-state index in [9.17, 15) is 14.4 Å². The Bertz CT molecular complexity index is 865. The number of ketones is 1. The number of halogens is 4. The minimum atomic E-state index is -0.647. The van der Waals surface area contributed by atoms with Crippen LogP contribution in [0.15, 0.2) is 30.3 Å². The van der Waals surface area contributed by atoms with Crippen LogP contribution in [-0.2, 0) is 0 Å². The van der Waals surface area contributed by atoms with Crippen LogP contribution in [0.2, 0.25) is 20.1 Å². The number of rotatable bonds is 4. The highest BCUT2D eigenvalue weighted by molar-refractivity contribution is 6.55. The highest BCUT2D eigenvalue weighted by atomic mass is 35.5. The SMILES string of the molecule is O=C(CCN1C(=O)c2c(Cl)c(Cl)c(Cl)c(Cl)c2C1=O)c1ccccc1. The normalized spacial score (nSPS) is 13.4. The van der Waals surface area contributed by atoms with Crippen molar-refractivity contribution in [3.63, 3.8) is 0 Å². The molecule has 25 heavy (non-hydrogen) atoms. The standard InChI is InChI=1S/C17H9Cl4NO3/c18-12-10-11(13(19)15(21)14(12)20)17(25)22(16(10)24)7-6-9(23)8-4-2-1-3-5-8/h1-5H,6-7H2. The summed E-state index contributed by atoms with van der Waals surface area (Å²) in [6.07, 6.45) is -0.0216. The van der Waals surface area contributed by atoms with Gasteiger partial charge in [-0.25, -0.2) is 0 Å². The van der Waals surface area contributed by atoms with Crippen molar-refractivity contribution in [2.24, 2.45) is 0 Å². The molecule has 0 N–H and O–H groups in total. The van der Waals surface area contributed by atoms with Gasteiger partial charge in [0.15, 0.2) is 5.78 Å². The molecule has 0 fully saturated rings. The molecular formula is C17H9Cl4NO3. The van der Waals surface area contributed by atoms with Crippen molar-refractivity contribution in [3.05, 3.63) is 67.1 Å². The first-order chi connectivity index (χ1) is 11.8. The minimum Gasteiger partial charge on any atom is -0.294 e. The van der Waals surface area contributed by atoms with Crippen molar-refractivity contribution in [2.45, 2.75) is 6.42 Å². The number of benzene rings is 2. The lowest BCUT2D eigenvalue weighted by molar-refractivity contribution is 0.0650. The first-order valence-electron chi connectivity index (χ1n) is 7.15. The van der Waals surface area contributed by atoms with Gasteiger partial charge in [-0.05, 0) is 0 Å². The lowest BCUT2D eigenvalue weighted by Gasteiger charge is -2.13. The zero-order chi connectivity index (χ0) is 18.3. The number of fused-ring (bicyclic) bond motifs is 1. The summed E-state index contributed by atoms with van der Waals surface area (Å²) < 4.78 is 0. The third-order valence-electron chi connectivity index (χ3n) is 3.84. The van der Waals surface area contributed by atoms with Gasteiger partial charge in [0.25, 0.3) is 11.8 Å². The van der Waals surface area contributed by atoms with E-state index in [-0.39, 0.29) is 50.0 Å². The molecule has 0 atom stereocenters. The van der Waals surface area contributed by atoms with E-state index < -0.39 is 11.8 Å². The number of Topliss-reactive ketones (excluding diaryl/α,β-unsaturated/α-hetero) is 1. The topological polar surface area (TPSA) is 54.5 Å². The van der Waals surface area contributed by atoms with E-state index in [1.54, 1.807) is 30.3 Å². The van der Waals surface area contributed by atoms with Crippen LogP contribution in [0, 0.1) is 0 Å². The number of nitrogens with zero attached hydrogens (tertiary/aromatic N) is 1. The van der Waals surface area contributed by atoms with Crippen LogP contribution in [0.1, 0.15) is 37.5 Å². The number of carbonyl (C=O) groups excluding carboxylic acids is 3. The van der Waals surface area contributed by atoms with Crippen LogP contribution in [0.3, 0.4) is 0 Å². The van der Waals surface area contributed by atoms with Crippen LogP contribution in [0.5, 0.6) is 0 Å². The molecule has 0 aliphatic carbocycles. The molecule has 128 valence electrons. The van der Waals surface area contributed by atoms with Gasteiger partial charge in [0.2, 0.25) is 0 Å². The molecule has 8 heteroatoms. The van der Waals surface area contributed by atoms with Crippen LogP contribution in [0.4, 0.5) is 0 Å². The maximum atomic E-state index is 12.5. The van der Waals surface area contributed by atoms with Crippen LogP contribution in [-0.4, -0.2) is 29.0 Å². The summed E-state index contributed by atoms with van der Waals surface area (Å²) in [6, 6.07) is 8.59. The van der Waals surface area contributed by atoms with E-state index in [0.29, 0.717) is 5.56 Å². The Hall–Kier alpha value is -1.59. The number of hydrogen-bond acceptors (Lipinski definition) is 3. The van der Waals surface area contributed by atoms with Gasteiger partial charge in [-0.15, -0.1) is 0 Å². The van der Waals surface area contributed by atoms with Crippen molar-refractivity contribution in [2.75, 3.05) is 6.54 Å². The van der Waals surface area contributed by atoms with Crippen molar-refractivity contribution in [1.29, 1.82) is 0 Å². The summed E-state index contributed by atoms with van der Waals surface area (Å²) in [6.45, 7) is -0.0953. The summed E-state index contributed by atoms with van der Waals surface area (Å²) in [7, 11) is 0. The fourth-order valence-electron chi connectivity index (χ4n) is 2.58. The molecule has 0 bridgehead atoms. The number of carbonyl (C=O) groups is 3. The molecule has 2 amide bonds. The molecule has 1 aliphatic heterocycles. The molecule has 0 spiro atoms. The van der Waals surface area contributed by atoms with Gasteiger partial charge in [-0.2, -0.15) is 0 Å². The third-order valence-corrected chi connectivity index (χ3v) is 5.65. The van der Waals surface area contributed by atoms with Gasteiger partial charge in [0.1, 0.15) is 0 Å². The molecule has 2 aromatic carbocycles. The Balaban J connectivity index is 1.87. The Labute approximate surface area is 163 Å². The van der Waals surface area contributed by atoms with Crippen molar-refractivity contribution >= 4 is 64.0 Å². The van der Waals surface area contributed by atoms with Crippen molar-refractivity contribution in [1.82, 2.24) is 4.90 Å². The van der Waals surface area contributed by atoms with Crippen LogP contribution in [0.25, 0.3) is 0 Å². The maximum absolute atomic E-state index is 12.5. The molecule has 2 aromatic rings. The van der Waals surface area contributed by atoms with Gasteiger partial charge < -0.3 is 0 Å². The summed E-state index contributed by atoms with van der Waals surface area (Å²) in [5.74, 6) is -1.48. The molecule has 0 saturated carbocycles. The van der Waals surface area contributed by atoms with Gasteiger partial charge in [-0.1, -0.05) is 76.7 Å².